The predicted octanol–water partition coefficient (Wildman–Crippen LogP) is 2.98. The monoisotopic (exact) mass is 231 g/mol. The normalized spacial score (nSPS) is 19.9. The third-order valence-corrected chi connectivity index (χ3v) is 3.34. The topological polar surface area (TPSA) is 35.2 Å². The van der Waals surface area contributed by atoms with Crippen molar-refractivity contribution in [2.24, 2.45) is 5.73 Å². The Morgan fingerprint density at radius 3 is 2.94 bits per heavy atom. The number of rotatable bonds is 3. The number of methoxy groups -OCH3 is 1. The number of aryl methyl sites for hydroxylation is 1. The Hall–Kier alpha value is -1.28. The average molecular weight is 231 g/mol. The van der Waals surface area contributed by atoms with Crippen LogP contribution in [0.2, 0.25) is 0 Å². The zero-order chi connectivity index (χ0) is 12.3. The molecule has 2 rings (SSSR count). The Bertz CT molecular complexity index is 423. The van der Waals surface area contributed by atoms with E-state index in [0.29, 0.717) is 0 Å². The first kappa shape index (κ1) is 12.2. The van der Waals surface area contributed by atoms with E-state index in [-0.39, 0.29) is 6.04 Å². The molecule has 1 unspecified atom stereocenters. The number of ether oxygens (including phenoxy) is 1. The Kier molecular flexibility index (Phi) is 3.85. The molecule has 0 heterocycles. The van der Waals surface area contributed by atoms with Crippen LogP contribution >= 0.6 is 0 Å². The first-order valence-corrected chi connectivity index (χ1v) is 6.27. The van der Waals surface area contributed by atoms with Gasteiger partial charge in [-0.15, -0.1) is 0 Å². The Morgan fingerprint density at radius 1 is 1.41 bits per heavy atom. The molecule has 17 heavy (non-hydrogen) atoms. The molecule has 0 saturated carbocycles. The van der Waals surface area contributed by atoms with Crippen LogP contribution < -0.4 is 10.5 Å². The maximum Gasteiger partial charge on any atom is 0.122 e. The fourth-order valence-electron chi connectivity index (χ4n) is 2.47. The van der Waals surface area contributed by atoms with E-state index in [0.717, 1.165) is 18.6 Å². The molecule has 2 nitrogen and oxygen atoms in total. The number of hydrogen-bond acceptors (Lipinski definition) is 2. The summed E-state index contributed by atoms with van der Waals surface area (Å²) in [5.41, 5.74) is 9.97. The molecule has 1 aliphatic rings. The van der Waals surface area contributed by atoms with Gasteiger partial charge in [-0.1, -0.05) is 29.3 Å². The van der Waals surface area contributed by atoms with Crippen LogP contribution in [0.25, 0.3) is 0 Å². The van der Waals surface area contributed by atoms with Crippen molar-refractivity contribution >= 4 is 0 Å². The highest BCUT2D eigenvalue weighted by Crippen LogP contribution is 2.26. The molecule has 1 aromatic carbocycles. The van der Waals surface area contributed by atoms with Crippen LogP contribution in [-0.2, 0) is 6.42 Å². The van der Waals surface area contributed by atoms with E-state index < -0.39 is 0 Å². The van der Waals surface area contributed by atoms with E-state index in [1.807, 2.05) is 6.07 Å². The molecule has 1 aliphatic carbocycles. The molecular weight excluding hydrogens is 210 g/mol. The van der Waals surface area contributed by atoms with Crippen LogP contribution in [0, 0.1) is 6.92 Å². The third-order valence-electron chi connectivity index (χ3n) is 3.34. The fraction of sp³-hybridized carbons (Fsp3) is 0.467. The summed E-state index contributed by atoms with van der Waals surface area (Å²) in [6, 6.07) is 6.59. The minimum atomic E-state index is 0.245. The second-order valence-electron chi connectivity index (χ2n) is 4.87. The SMILES string of the molecule is COc1ccc(C)cc1CC1=CC(N)CCC1. The van der Waals surface area contributed by atoms with Crippen LogP contribution in [0.5, 0.6) is 5.75 Å². The molecule has 1 aromatic rings. The van der Waals surface area contributed by atoms with Gasteiger partial charge in [0.15, 0.2) is 0 Å². The van der Waals surface area contributed by atoms with Crippen molar-refractivity contribution in [2.45, 2.75) is 38.6 Å². The standard InChI is InChI=1S/C15H21NO/c1-11-6-7-15(17-2)13(8-11)9-12-4-3-5-14(16)10-12/h6-8,10,14H,3-5,9,16H2,1-2H3. The molecule has 0 fully saturated rings. The van der Waals surface area contributed by atoms with E-state index in [4.69, 9.17) is 10.5 Å². The van der Waals surface area contributed by atoms with Crippen molar-refractivity contribution in [1.29, 1.82) is 0 Å². The average Bonchev–Trinajstić information content (AvgIpc) is 2.29. The number of benzene rings is 1. The Labute approximate surface area is 103 Å². The molecule has 0 saturated heterocycles. The maximum atomic E-state index is 5.97. The van der Waals surface area contributed by atoms with Gasteiger partial charge < -0.3 is 10.5 Å². The van der Waals surface area contributed by atoms with Gasteiger partial charge in [-0.2, -0.15) is 0 Å². The lowest BCUT2D eigenvalue weighted by Crippen LogP contribution is -2.20. The molecule has 0 aromatic heterocycles. The molecule has 1 atom stereocenters. The van der Waals surface area contributed by atoms with Gasteiger partial charge in [-0.3, -0.25) is 0 Å². The molecule has 2 N–H and O–H groups in total. The molecule has 0 spiro atoms. The van der Waals surface area contributed by atoms with Crippen LogP contribution in [0.1, 0.15) is 30.4 Å². The zero-order valence-electron chi connectivity index (χ0n) is 10.7. The fourth-order valence-corrected chi connectivity index (χ4v) is 2.47. The van der Waals surface area contributed by atoms with Crippen LogP contribution in [0.3, 0.4) is 0 Å². The summed E-state index contributed by atoms with van der Waals surface area (Å²) in [4.78, 5) is 0. The summed E-state index contributed by atoms with van der Waals surface area (Å²) in [6.45, 7) is 2.12. The molecule has 2 heteroatoms. The van der Waals surface area contributed by atoms with E-state index in [9.17, 15) is 0 Å². The van der Waals surface area contributed by atoms with E-state index in [1.54, 1.807) is 7.11 Å². The highest BCUT2D eigenvalue weighted by molar-refractivity contribution is 5.39. The van der Waals surface area contributed by atoms with E-state index >= 15 is 0 Å². The lowest BCUT2D eigenvalue weighted by molar-refractivity contribution is 0.410. The summed E-state index contributed by atoms with van der Waals surface area (Å²) in [5.74, 6) is 0.982. The van der Waals surface area contributed by atoms with Gasteiger partial charge >= 0.3 is 0 Å². The quantitative estimate of drug-likeness (QED) is 0.812. The minimum absolute atomic E-state index is 0.245. The Balaban J connectivity index is 2.20. The number of allylic oxidation sites excluding steroid dienone is 1. The van der Waals surface area contributed by atoms with Gasteiger partial charge in [-0.25, -0.2) is 0 Å². The molecule has 92 valence electrons. The third kappa shape index (κ3) is 3.10. The van der Waals surface area contributed by atoms with Crippen LogP contribution in [-0.4, -0.2) is 13.2 Å². The van der Waals surface area contributed by atoms with Crippen molar-refractivity contribution < 1.29 is 4.74 Å². The number of nitrogens with two attached hydrogens (primary N) is 1. The highest BCUT2D eigenvalue weighted by Gasteiger charge is 2.12. The van der Waals surface area contributed by atoms with Gasteiger partial charge in [-0.05, 0) is 44.2 Å². The summed E-state index contributed by atoms with van der Waals surface area (Å²) in [5, 5.41) is 0. The number of hydrogen-bond donors (Lipinski definition) is 1. The van der Waals surface area contributed by atoms with Crippen molar-refractivity contribution in [1.82, 2.24) is 0 Å². The van der Waals surface area contributed by atoms with Crippen molar-refractivity contribution in [2.75, 3.05) is 7.11 Å². The van der Waals surface area contributed by atoms with Crippen molar-refractivity contribution in [3.63, 3.8) is 0 Å². The van der Waals surface area contributed by atoms with Crippen LogP contribution in [0.4, 0.5) is 0 Å². The highest BCUT2D eigenvalue weighted by atomic mass is 16.5. The van der Waals surface area contributed by atoms with E-state index in [1.165, 1.54) is 29.5 Å². The molecular formula is C15H21NO. The summed E-state index contributed by atoms with van der Waals surface area (Å²) in [6.07, 6.45) is 6.70. The smallest absolute Gasteiger partial charge is 0.122 e. The van der Waals surface area contributed by atoms with Gasteiger partial charge in [0.1, 0.15) is 5.75 Å². The summed E-state index contributed by atoms with van der Waals surface area (Å²) in [7, 11) is 1.73. The second-order valence-corrected chi connectivity index (χ2v) is 4.87. The zero-order valence-corrected chi connectivity index (χ0v) is 10.7. The van der Waals surface area contributed by atoms with Gasteiger partial charge in [0.2, 0.25) is 0 Å². The van der Waals surface area contributed by atoms with Gasteiger partial charge in [0.25, 0.3) is 0 Å². The molecule has 0 amide bonds. The first-order valence-electron chi connectivity index (χ1n) is 6.27. The Morgan fingerprint density at radius 2 is 2.24 bits per heavy atom. The lowest BCUT2D eigenvalue weighted by Gasteiger charge is -2.19. The van der Waals surface area contributed by atoms with E-state index in [2.05, 4.69) is 25.1 Å². The largest absolute Gasteiger partial charge is 0.496 e. The lowest BCUT2D eigenvalue weighted by atomic mass is 9.91. The second kappa shape index (κ2) is 5.37. The maximum absolute atomic E-state index is 5.97. The molecule has 0 bridgehead atoms. The predicted molar refractivity (Wildman–Crippen MR) is 71.3 cm³/mol. The van der Waals surface area contributed by atoms with Crippen molar-refractivity contribution in [3.05, 3.63) is 41.0 Å². The molecule has 0 aliphatic heterocycles. The minimum Gasteiger partial charge on any atom is -0.496 e. The van der Waals surface area contributed by atoms with Crippen LogP contribution in [0.15, 0.2) is 29.8 Å². The molecule has 0 radical (unpaired) electrons. The van der Waals surface area contributed by atoms with Crippen molar-refractivity contribution in [3.8, 4) is 5.75 Å². The van der Waals surface area contributed by atoms with Gasteiger partial charge in [0.05, 0.1) is 7.11 Å². The van der Waals surface area contributed by atoms with Gasteiger partial charge in [0, 0.05) is 6.04 Å². The summed E-state index contributed by atoms with van der Waals surface area (Å²) < 4.78 is 5.41. The summed E-state index contributed by atoms with van der Waals surface area (Å²) >= 11 is 0. The first-order chi connectivity index (χ1) is 8.19.